The summed E-state index contributed by atoms with van der Waals surface area (Å²) in [6.45, 7) is 0.938. The van der Waals surface area contributed by atoms with E-state index in [1.165, 1.54) is 0 Å². The predicted molar refractivity (Wildman–Crippen MR) is 44.2 cm³/mol. The first kappa shape index (κ1) is 11.0. The number of esters is 1. The highest BCUT2D eigenvalue weighted by Gasteiger charge is 2.17. The molecule has 1 fully saturated rings. The predicted octanol–water partition coefficient (Wildman–Crippen LogP) is -0.761. The fraction of sp³-hybridized carbons (Fsp3) is 0.778. The van der Waals surface area contributed by atoms with Gasteiger partial charge in [0, 0.05) is 12.6 Å². The van der Waals surface area contributed by atoms with Crippen molar-refractivity contribution in [2.75, 3.05) is 13.2 Å². The van der Waals surface area contributed by atoms with Gasteiger partial charge in [-0.2, -0.15) is 0 Å². The van der Waals surface area contributed by atoms with Crippen LogP contribution in [0, 0.1) is 0 Å². The summed E-state index contributed by atoms with van der Waals surface area (Å²) < 4.78 is 10.0. The Labute approximate surface area is 82.0 Å². The van der Waals surface area contributed by atoms with Crippen LogP contribution in [0.1, 0.15) is 25.7 Å². The Morgan fingerprint density at radius 2 is 2.21 bits per heavy atom. The number of carbonyl (C=O) groups is 2. The molecule has 0 amide bonds. The molecule has 5 heteroatoms. The van der Waals surface area contributed by atoms with E-state index in [0.717, 1.165) is 12.8 Å². The van der Waals surface area contributed by atoms with E-state index in [1.807, 2.05) is 0 Å². The zero-order valence-electron chi connectivity index (χ0n) is 7.86. The van der Waals surface area contributed by atoms with Gasteiger partial charge in [0.2, 0.25) is 0 Å². The van der Waals surface area contributed by atoms with Crippen LogP contribution >= 0.6 is 0 Å². The van der Waals surface area contributed by atoms with Crippen LogP contribution in [0.3, 0.4) is 0 Å². The molecule has 1 heterocycles. The van der Waals surface area contributed by atoms with Crippen LogP contribution in [0.15, 0.2) is 0 Å². The number of aliphatic carboxylic acids is 1. The molecule has 1 aliphatic rings. The Morgan fingerprint density at radius 1 is 1.43 bits per heavy atom. The fourth-order valence-electron chi connectivity index (χ4n) is 1.24. The molecule has 0 saturated carbocycles. The van der Waals surface area contributed by atoms with Crippen LogP contribution in [-0.2, 0) is 19.1 Å². The molecule has 0 aromatic rings. The molecule has 1 unspecified atom stereocenters. The van der Waals surface area contributed by atoms with E-state index in [-0.39, 0.29) is 25.6 Å². The number of hydrogen-bond acceptors (Lipinski definition) is 5. The molecule has 0 aromatic carbocycles. The van der Waals surface area contributed by atoms with E-state index < -0.39 is 11.9 Å². The Morgan fingerprint density at radius 3 is 2.79 bits per heavy atom. The van der Waals surface area contributed by atoms with Crippen molar-refractivity contribution in [1.82, 2.24) is 0 Å². The number of carboxylic acid groups (broad SMARTS) is 1. The standard InChI is InChI=1S/C9H14O5/c10-8(11)3-4-9(12)14-6-7-2-1-5-13-7/h7H,1-6H2,(H,10,11)/p-1. The molecule has 0 spiro atoms. The Bertz CT molecular complexity index is 207. The van der Waals surface area contributed by atoms with Crippen molar-refractivity contribution < 1.29 is 24.2 Å². The molecular weight excluding hydrogens is 188 g/mol. The molecular formula is C9H13O5-. The summed E-state index contributed by atoms with van der Waals surface area (Å²) in [5, 5.41) is 10.0. The van der Waals surface area contributed by atoms with E-state index in [0.29, 0.717) is 6.61 Å². The second-order valence-corrected chi connectivity index (χ2v) is 3.19. The Kier molecular flexibility index (Phi) is 4.39. The van der Waals surface area contributed by atoms with Crippen LogP contribution in [0.5, 0.6) is 0 Å². The molecule has 0 bridgehead atoms. The van der Waals surface area contributed by atoms with Crippen LogP contribution < -0.4 is 5.11 Å². The fourth-order valence-corrected chi connectivity index (χ4v) is 1.24. The van der Waals surface area contributed by atoms with Gasteiger partial charge in [-0.05, 0) is 19.3 Å². The highest BCUT2D eigenvalue weighted by Crippen LogP contribution is 2.12. The van der Waals surface area contributed by atoms with Crippen LogP contribution in [0.4, 0.5) is 0 Å². The first-order valence-electron chi connectivity index (χ1n) is 4.65. The lowest BCUT2D eigenvalue weighted by Gasteiger charge is -2.10. The summed E-state index contributed by atoms with van der Waals surface area (Å²) >= 11 is 0. The first-order chi connectivity index (χ1) is 6.68. The third-order valence-corrected chi connectivity index (χ3v) is 1.99. The molecule has 1 aliphatic heterocycles. The van der Waals surface area contributed by atoms with Crippen LogP contribution in [0.2, 0.25) is 0 Å². The van der Waals surface area contributed by atoms with E-state index in [2.05, 4.69) is 0 Å². The van der Waals surface area contributed by atoms with Crippen molar-refractivity contribution >= 4 is 11.9 Å². The lowest BCUT2D eigenvalue weighted by molar-refractivity contribution is -0.305. The molecule has 1 atom stereocenters. The number of rotatable bonds is 5. The van der Waals surface area contributed by atoms with Gasteiger partial charge in [0.15, 0.2) is 0 Å². The lowest BCUT2D eigenvalue weighted by atomic mass is 10.2. The van der Waals surface area contributed by atoms with Crippen molar-refractivity contribution in [3.63, 3.8) is 0 Å². The van der Waals surface area contributed by atoms with Gasteiger partial charge >= 0.3 is 5.97 Å². The number of ether oxygens (including phenoxy) is 2. The van der Waals surface area contributed by atoms with Crippen molar-refractivity contribution in [1.29, 1.82) is 0 Å². The molecule has 0 aromatic heterocycles. The van der Waals surface area contributed by atoms with Crippen molar-refractivity contribution in [3.05, 3.63) is 0 Å². The van der Waals surface area contributed by atoms with Crippen molar-refractivity contribution in [2.24, 2.45) is 0 Å². The summed E-state index contributed by atoms with van der Waals surface area (Å²) in [6, 6.07) is 0. The molecule has 0 radical (unpaired) electrons. The van der Waals surface area contributed by atoms with Gasteiger partial charge in [0.25, 0.3) is 0 Å². The normalized spacial score (nSPS) is 20.7. The average molecular weight is 201 g/mol. The summed E-state index contributed by atoms with van der Waals surface area (Å²) in [5.74, 6) is -1.75. The molecule has 14 heavy (non-hydrogen) atoms. The summed E-state index contributed by atoms with van der Waals surface area (Å²) in [6.07, 6.45) is 1.45. The third kappa shape index (κ3) is 4.23. The average Bonchev–Trinajstić information content (AvgIpc) is 2.63. The minimum Gasteiger partial charge on any atom is -0.550 e. The molecule has 0 aliphatic carbocycles. The summed E-state index contributed by atoms with van der Waals surface area (Å²) in [7, 11) is 0. The zero-order valence-corrected chi connectivity index (χ0v) is 7.86. The third-order valence-electron chi connectivity index (χ3n) is 1.99. The second kappa shape index (κ2) is 5.59. The van der Waals surface area contributed by atoms with E-state index in [9.17, 15) is 14.7 Å². The molecule has 0 N–H and O–H groups in total. The molecule has 80 valence electrons. The maximum absolute atomic E-state index is 10.9. The Hall–Kier alpha value is -1.10. The van der Waals surface area contributed by atoms with Gasteiger partial charge in [-0.1, -0.05) is 0 Å². The number of carbonyl (C=O) groups excluding carboxylic acids is 2. The summed E-state index contributed by atoms with van der Waals surface area (Å²) in [5.41, 5.74) is 0. The van der Waals surface area contributed by atoms with Gasteiger partial charge in [0.1, 0.15) is 6.61 Å². The second-order valence-electron chi connectivity index (χ2n) is 3.19. The maximum Gasteiger partial charge on any atom is 0.306 e. The van der Waals surface area contributed by atoms with Crippen molar-refractivity contribution in [3.8, 4) is 0 Å². The smallest absolute Gasteiger partial charge is 0.306 e. The van der Waals surface area contributed by atoms with E-state index in [4.69, 9.17) is 9.47 Å². The zero-order chi connectivity index (χ0) is 10.4. The topological polar surface area (TPSA) is 75.7 Å². The number of hydrogen-bond donors (Lipinski definition) is 0. The largest absolute Gasteiger partial charge is 0.550 e. The highest BCUT2D eigenvalue weighted by atomic mass is 16.6. The van der Waals surface area contributed by atoms with Gasteiger partial charge in [-0.15, -0.1) is 0 Å². The summed E-state index contributed by atoms with van der Waals surface area (Å²) in [4.78, 5) is 21.0. The van der Waals surface area contributed by atoms with Gasteiger partial charge in [-0.3, -0.25) is 4.79 Å². The number of carboxylic acids is 1. The highest BCUT2D eigenvalue weighted by molar-refractivity contribution is 5.75. The lowest BCUT2D eigenvalue weighted by Crippen LogP contribution is -2.24. The Balaban J connectivity index is 2.05. The van der Waals surface area contributed by atoms with Gasteiger partial charge in [-0.25, -0.2) is 0 Å². The van der Waals surface area contributed by atoms with Gasteiger partial charge < -0.3 is 19.4 Å². The molecule has 1 rings (SSSR count). The van der Waals surface area contributed by atoms with Crippen LogP contribution in [0.25, 0.3) is 0 Å². The van der Waals surface area contributed by atoms with E-state index in [1.54, 1.807) is 0 Å². The molecule has 1 saturated heterocycles. The maximum atomic E-state index is 10.9. The van der Waals surface area contributed by atoms with E-state index >= 15 is 0 Å². The molecule has 5 nitrogen and oxygen atoms in total. The van der Waals surface area contributed by atoms with Gasteiger partial charge in [0.05, 0.1) is 12.5 Å². The van der Waals surface area contributed by atoms with Crippen LogP contribution in [-0.4, -0.2) is 31.3 Å². The minimum atomic E-state index is -1.24. The monoisotopic (exact) mass is 201 g/mol. The SMILES string of the molecule is O=C([O-])CCC(=O)OCC1CCCO1. The first-order valence-corrected chi connectivity index (χ1v) is 4.65. The minimum absolute atomic E-state index is 0.0121. The quantitative estimate of drug-likeness (QED) is 0.546. The van der Waals surface area contributed by atoms with Crippen molar-refractivity contribution in [2.45, 2.75) is 31.8 Å².